The highest BCUT2D eigenvalue weighted by atomic mass is 79.9. The van der Waals surface area contributed by atoms with Gasteiger partial charge in [-0.1, -0.05) is 27.5 Å². The van der Waals surface area contributed by atoms with Crippen molar-refractivity contribution in [3.63, 3.8) is 0 Å². The SMILES string of the molecule is CCn1ncc(Br)c1C(NC)c1cc(Cl)cc(Br)c1. The number of rotatable bonds is 4. The molecule has 1 aromatic carbocycles. The number of halogens is 3. The van der Waals surface area contributed by atoms with Crippen LogP contribution in [0.4, 0.5) is 0 Å². The van der Waals surface area contributed by atoms with E-state index in [1.807, 2.05) is 30.1 Å². The van der Waals surface area contributed by atoms with E-state index in [4.69, 9.17) is 11.6 Å². The molecule has 0 aliphatic carbocycles. The van der Waals surface area contributed by atoms with Gasteiger partial charge < -0.3 is 5.32 Å². The quantitative estimate of drug-likeness (QED) is 0.815. The molecule has 3 nitrogen and oxygen atoms in total. The Bertz CT molecular complexity index is 563. The fourth-order valence-electron chi connectivity index (χ4n) is 2.11. The van der Waals surface area contributed by atoms with Gasteiger partial charge in [0, 0.05) is 16.0 Å². The van der Waals surface area contributed by atoms with Gasteiger partial charge in [-0.3, -0.25) is 4.68 Å². The predicted molar refractivity (Wildman–Crippen MR) is 85.7 cm³/mol. The Kier molecular flexibility index (Phi) is 5.06. The summed E-state index contributed by atoms with van der Waals surface area (Å²) in [7, 11) is 1.93. The lowest BCUT2D eigenvalue weighted by atomic mass is 10.0. The molecule has 0 saturated carbocycles. The Morgan fingerprint density at radius 2 is 2.11 bits per heavy atom. The first kappa shape index (κ1) is 15.0. The standard InChI is InChI=1S/C13H14Br2ClN3/c1-3-19-13(11(15)7-18-19)12(17-2)8-4-9(14)6-10(16)5-8/h4-7,12,17H,3H2,1-2H3. The maximum Gasteiger partial charge on any atom is 0.0758 e. The Labute approximate surface area is 134 Å². The number of hydrogen-bond donors (Lipinski definition) is 1. The van der Waals surface area contributed by atoms with Gasteiger partial charge in [0.15, 0.2) is 0 Å². The molecule has 1 atom stereocenters. The number of benzene rings is 1. The molecule has 1 unspecified atom stereocenters. The Balaban J connectivity index is 2.52. The highest BCUT2D eigenvalue weighted by molar-refractivity contribution is 9.10. The van der Waals surface area contributed by atoms with Crippen LogP contribution < -0.4 is 5.32 Å². The molecule has 2 aromatic rings. The molecule has 0 fully saturated rings. The molecular weight excluding hydrogens is 393 g/mol. The fraction of sp³-hybridized carbons (Fsp3) is 0.308. The lowest BCUT2D eigenvalue weighted by Crippen LogP contribution is -2.22. The second-order valence-corrected chi connectivity index (χ2v) is 6.32. The van der Waals surface area contributed by atoms with Crippen LogP contribution in [0.5, 0.6) is 0 Å². The summed E-state index contributed by atoms with van der Waals surface area (Å²) in [6, 6.07) is 5.94. The van der Waals surface area contributed by atoms with Crippen LogP contribution in [-0.2, 0) is 6.54 Å². The second-order valence-electron chi connectivity index (χ2n) is 4.12. The zero-order valence-corrected chi connectivity index (χ0v) is 14.6. The minimum absolute atomic E-state index is 0.0341. The Hall–Kier alpha value is -0.360. The lowest BCUT2D eigenvalue weighted by molar-refractivity contribution is 0.561. The number of aryl methyl sites for hydroxylation is 1. The molecule has 0 radical (unpaired) electrons. The Morgan fingerprint density at radius 3 is 2.68 bits per heavy atom. The zero-order valence-electron chi connectivity index (χ0n) is 10.6. The topological polar surface area (TPSA) is 29.9 Å². The summed E-state index contributed by atoms with van der Waals surface area (Å²) >= 11 is 13.2. The van der Waals surface area contributed by atoms with Gasteiger partial charge in [0.05, 0.1) is 22.4 Å². The first-order valence-corrected chi connectivity index (χ1v) is 7.87. The fourth-order valence-corrected chi connectivity index (χ4v) is 3.53. The van der Waals surface area contributed by atoms with E-state index in [0.29, 0.717) is 5.02 Å². The molecular formula is C13H14Br2ClN3. The number of hydrogen-bond acceptors (Lipinski definition) is 2. The van der Waals surface area contributed by atoms with Crippen LogP contribution >= 0.6 is 43.5 Å². The van der Waals surface area contributed by atoms with E-state index < -0.39 is 0 Å². The molecule has 0 amide bonds. The first-order chi connectivity index (χ1) is 9.06. The average Bonchev–Trinajstić information content (AvgIpc) is 2.71. The van der Waals surface area contributed by atoms with E-state index in [-0.39, 0.29) is 6.04 Å². The van der Waals surface area contributed by atoms with E-state index in [2.05, 4.69) is 55.3 Å². The van der Waals surface area contributed by atoms with Crippen LogP contribution in [0.3, 0.4) is 0 Å². The molecule has 0 spiro atoms. The van der Waals surface area contributed by atoms with Gasteiger partial charge in [0.2, 0.25) is 0 Å². The van der Waals surface area contributed by atoms with Crippen molar-refractivity contribution >= 4 is 43.5 Å². The summed E-state index contributed by atoms with van der Waals surface area (Å²) in [5.41, 5.74) is 2.19. The number of nitrogens with one attached hydrogen (secondary N) is 1. The molecule has 2 rings (SSSR count). The van der Waals surface area contributed by atoms with Gasteiger partial charge in [-0.2, -0.15) is 5.10 Å². The largest absolute Gasteiger partial charge is 0.308 e. The van der Waals surface area contributed by atoms with Crippen molar-refractivity contribution in [3.05, 3.63) is 49.6 Å². The van der Waals surface area contributed by atoms with E-state index in [1.165, 1.54) is 0 Å². The molecule has 1 aromatic heterocycles. The summed E-state index contributed by atoms with van der Waals surface area (Å²) < 4.78 is 3.93. The Morgan fingerprint density at radius 1 is 1.37 bits per heavy atom. The summed E-state index contributed by atoms with van der Waals surface area (Å²) in [6.07, 6.45) is 1.82. The van der Waals surface area contributed by atoms with E-state index in [0.717, 1.165) is 26.7 Å². The third-order valence-corrected chi connectivity index (χ3v) is 4.20. The summed E-state index contributed by atoms with van der Waals surface area (Å²) in [5, 5.41) is 8.39. The molecule has 0 aliphatic heterocycles. The third kappa shape index (κ3) is 3.21. The summed E-state index contributed by atoms with van der Waals surface area (Å²) in [6.45, 7) is 2.89. The van der Waals surface area contributed by atoms with Crippen molar-refractivity contribution in [1.82, 2.24) is 15.1 Å². The minimum atomic E-state index is 0.0341. The van der Waals surface area contributed by atoms with Crippen molar-refractivity contribution in [2.24, 2.45) is 0 Å². The van der Waals surface area contributed by atoms with Crippen molar-refractivity contribution < 1.29 is 0 Å². The van der Waals surface area contributed by atoms with Crippen molar-refractivity contribution in [2.45, 2.75) is 19.5 Å². The summed E-state index contributed by atoms with van der Waals surface area (Å²) in [5.74, 6) is 0. The number of nitrogens with zero attached hydrogens (tertiary/aromatic N) is 2. The molecule has 0 bridgehead atoms. The smallest absolute Gasteiger partial charge is 0.0758 e. The summed E-state index contributed by atoms with van der Waals surface area (Å²) in [4.78, 5) is 0. The van der Waals surface area contributed by atoms with Crippen LogP contribution in [0.15, 0.2) is 33.3 Å². The van der Waals surface area contributed by atoms with E-state index in [1.54, 1.807) is 0 Å². The molecule has 0 saturated heterocycles. The van der Waals surface area contributed by atoms with Crippen LogP contribution in [0, 0.1) is 0 Å². The second kappa shape index (κ2) is 6.39. The van der Waals surface area contributed by atoms with Crippen LogP contribution in [0.1, 0.15) is 24.2 Å². The average molecular weight is 408 g/mol. The van der Waals surface area contributed by atoms with Crippen LogP contribution in [0.25, 0.3) is 0 Å². The molecule has 1 heterocycles. The minimum Gasteiger partial charge on any atom is -0.308 e. The van der Waals surface area contributed by atoms with E-state index >= 15 is 0 Å². The highest BCUT2D eigenvalue weighted by Gasteiger charge is 2.20. The molecule has 19 heavy (non-hydrogen) atoms. The molecule has 0 aliphatic rings. The molecule has 6 heteroatoms. The van der Waals surface area contributed by atoms with Crippen LogP contribution in [0.2, 0.25) is 5.02 Å². The third-order valence-electron chi connectivity index (χ3n) is 2.91. The van der Waals surface area contributed by atoms with Crippen molar-refractivity contribution in [2.75, 3.05) is 7.05 Å². The maximum absolute atomic E-state index is 6.13. The van der Waals surface area contributed by atoms with Crippen molar-refractivity contribution in [3.8, 4) is 0 Å². The molecule has 102 valence electrons. The van der Waals surface area contributed by atoms with Gasteiger partial charge in [0.25, 0.3) is 0 Å². The molecule has 1 N–H and O–H groups in total. The van der Waals surface area contributed by atoms with Gasteiger partial charge in [0.1, 0.15) is 0 Å². The monoisotopic (exact) mass is 405 g/mol. The van der Waals surface area contributed by atoms with Gasteiger partial charge in [-0.15, -0.1) is 0 Å². The maximum atomic E-state index is 6.13. The van der Waals surface area contributed by atoms with Crippen molar-refractivity contribution in [1.29, 1.82) is 0 Å². The number of aromatic nitrogens is 2. The van der Waals surface area contributed by atoms with Gasteiger partial charge >= 0.3 is 0 Å². The van der Waals surface area contributed by atoms with Gasteiger partial charge in [-0.25, -0.2) is 0 Å². The predicted octanol–water partition coefficient (Wildman–Crippen LogP) is 4.39. The highest BCUT2D eigenvalue weighted by Crippen LogP contribution is 2.31. The van der Waals surface area contributed by atoms with E-state index in [9.17, 15) is 0 Å². The first-order valence-electron chi connectivity index (χ1n) is 5.91. The zero-order chi connectivity index (χ0) is 14.0. The van der Waals surface area contributed by atoms with Crippen LogP contribution in [-0.4, -0.2) is 16.8 Å². The normalized spacial score (nSPS) is 12.7. The lowest BCUT2D eigenvalue weighted by Gasteiger charge is -2.19. The van der Waals surface area contributed by atoms with Gasteiger partial charge in [-0.05, 0) is 53.7 Å².